The third kappa shape index (κ3) is 5.58. The molecular weight excluding hydrogens is 491 g/mol. The van der Waals surface area contributed by atoms with Gasteiger partial charge in [-0.3, -0.25) is 9.69 Å². The molecule has 0 aromatic heterocycles. The standard InChI is InChI=1S/C24H15ClF3NO2S2/c25-18-8-4-16(5-9-18)14-31-20-10-6-15(7-11-20)12-21-22(30)29(23(32)33-21)19-3-1-2-17(13-19)24(26,27)28/h1-13H,14H2/b21-12-. The van der Waals surface area contributed by atoms with E-state index in [1.165, 1.54) is 12.1 Å². The number of ether oxygens (including phenoxy) is 1. The second kappa shape index (κ2) is 9.59. The number of carbonyl (C=O) groups excluding carboxylic acids is 1. The van der Waals surface area contributed by atoms with Crippen LogP contribution in [-0.4, -0.2) is 10.2 Å². The fourth-order valence-corrected chi connectivity index (χ4v) is 4.50. The van der Waals surface area contributed by atoms with E-state index in [1.54, 1.807) is 42.5 Å². The van der Waals surface area contributed by atoms with Crippen LogP contribution < -0.4 is 9.64 Å². The van der Waals surface area contributed by atoms with Crippen molar-refractivity contribution in [3.8, 4) is 5.75 Å². The normalized spacial score (nSPS) is 15.4. The number of hydrogen-bond acceptors (Lipinski definition) is 4. The number of carbonyl (C=O) groups is 1. The van der Waals surface area contributed by atoms with Crippen LogP contribution in [0.3, 0.4) is 0 Å². The lowest BCUT2D eigenvalue weighted by Crippen LogP contribution is -2.27. The topological polar surface area (TPSA) is 29.5 Å². The molecule has 0 radical (unpaired) electrons. The van der Waals surface area contributed by atoms with E-state index in [-0.39, 0.29) is 10.0 Å². The Balaban J connectivity index is 1.46. The predicted molar refractivity (Wildman–Crippen MR) is 129 cm³/mol. The number of thiocarbonyl (C=S) groups is 1. The van der Waals surface area contributed by atoms with Crippen molar-refractivity contribution in [3.63, 3.8) is 0 Å². The molecule has 3 aromatic carbocycles. The summed E-state index contributed by atoms with van der Waals surface area (Å²) in [5.74, 6) is 0.186. The summed E-state index contributed by atoms with van der Waals surface area (Å²) in [7, 11) is 0. The van der Waals surface area contributed by atoms with E-state index in [9.17, 15) is 18.0 Å². The van der Waals surface area contributed by atoms with Crippen LogP contribution >= 0.6 is 35.6 Å². The first-order valence-corrected chi connectivity index (χ1v) is 11.2. The number of halogens is 4. The van der Waals surface area contributed by atoms with E-state index in [0.717, 1.165) is 39.9 Å². The van der Waals surface area contributed by atoms with E-state index in [0.29, 0.717) is 22.3 Å². The molecule has 0 aliphatic carbocycles. The van der Waals surface area contributed by atoms with Crippen LogP contribution in [0.5, 0.6) is 5.75 Å². The van der Waals surface area contributed by atoms with E-state index in [1.807, 2.05) is 12.1 Å². The number of thioether (sulfide) groups is 1. The molecule has 1 aliphatic rings. The van der Waals surface area contributed by atoms with Crippen LogP contribution in [0.4, 0.5) is 18.9 Å². The number of anilines is 1. The molecule has 3 nitrogen and oxygen atoms in total. The molecule has 3 aromatic rings. The molecule has 1 saturated heterocycles. The van der Waals surface area contributed by atoms with Crippen molar-refractivity contribution in [2.24, 2.45) is 0 Å². The fraction of sp³-hybridized carbons (Fsp3) is 0.0833. The number of rotatable bonds is 5. The van der Waals surface area contributed by atoms with Gasteiger partial charge in [0, 0.05) is 5.02 Å². The number of alkyl halides is 3. The van der Waals surface area contributed by atoms with Crippen molar-refractivity contribution in [1.82, 2.24) is 0 Å². The molecule has 1 heterocycles. The van der Waals surface area contributed by atoms with Crippen LogP contribution in [-0.2, 0) is 17.6 Å². The van der Waals surface area contributed by atoms with Crippen molar-refractivity contribution in [3.05, 3.63) is 99.4 Å². The van der Waals surface area contributed by atoms with Gasteiger partial charge >= 0.3 is 6.18 Å². The highest BCUT2D eigenvalue weighted by molar-refractivity contribution is 8.27. The summed E-state index contributed by atoms with van der Waals surface area (Å²) in [5.41, 5.74) is 0.953. The molecule has 0 spiro atoms. The summed E-state index contributed by atoms with van der Waals surface area (Å²) in [6.45, 7) is 0.381. The quantitative estimate of drug-likeness (QED) is 0.268. The fourth-order valence-electron chi connectivity index (χ4n) is 3.07. The second-order valence-electron chi connectivity index (χ2n) is 7.05. The molecule has 4 rings (SSSR count). The van der Waals surface area contributed by atoms with Crippen molar-refractivity contribution >= 4 is 57.6 Å². The largest absolute Gasteiger partial charge is 0.489 e. The lowest BCUT2D eigenvalue weighted by Gasteiger charge is -2.16. The molecule has 33 heavy (non-hydrogen) atoms. The highest BCUT2D eigenvalue weighted by atomic mass is 35.5. The number of nitrogens with zero attached hydrogens (tertiary/aromatic N) is 1. The van der Waals surface area contributed by atoms with Gasteiger partial charge in [-0.2, -0.15) is 13.2 Å². The van der Waals surface area contributed by atoms with Gasteiger partial charge in [0.15, 0.2) is 4.32 Å². The Hall–Kier alpha value is -2.81. The molecular formula is C24H15ClF3NO2S2. The molecule has 9 heteroatoms. The summed E-state index contributed by atoms with van der Waals surface area (Å²) in [6.07, 6.45) is -2.86. The third-order valence-corrected chi connectivity index (χ3v) is 6.28. The van der Waals surface area contributed by atoms with Crippen LogP contribution in [0.15, 0.2) is 77.7 Å². The number of hydrogen-bond donors (Lipinski definition) is 0. The van der Waals surface area contributed by atoms with Gasteiger partial charge in [0.05, 0.1) is 16.2 Å². The SMILES string of the molecule is O=C1/C(=C/c2ccc(OCc3ccc(Cl)cc3)cc2)SC(=S)N1c1cccc(C(F)(F)F)c1. The maximum absolute atomic E-state index is 13.0. The highest BCUT2D eigenvalue weighted by Crippen LogP contribution is 2.38. The molecule has 0 N–H and O–H groups in total. The maximum atomic E-state index is 13.0. The molecule has 1 amide bonds. The van der Waals surface area contributed by atoms with Crippen molar-refractivity contribution in [2.75, 3.05) is 4.90 Å². The molecule has 0 unspecified atom stereocenters. The van der Waals surface area contributed by atoms with Gasteiger partial charge in [0.2, 0.25) is 0 Å². The van der Waals surface area contributed by atoms with Crippen molar-refractivity contribution < 1.29 is 22.7 Å². The summed E-state index contributed by atoms with van der Waals surface area (Å²) in [4.78, 5) is 14.3. The zero-order chi connectivity index (χ0) is 23.6. The monoisotopic (exact) mass is 505 g/mol. The van der Waals surface area contributed by atoms with Gasteiger partial charge in [0.1, 0.15) is 12.4 Å². The molecule has 1 aliphatic heterocycles. The van der Waals surface area contributed by atoms with E-state index >= 15 is 0 Å². The first kappa shape index (κ1) is 23.4. The number of benzene rings is 3. The van der Waals surface area contributed by atoms with Crippen LogP contribution in [0, 0.1) is 0 Å². The Morgan fingerprint density at radius 3 is 2.39 bits per heavy atom. The zero-order valence-corrected chi connectivity index (χ0v) is 19.2. The van der Waals surface area contributed by atoms with E-state index < -0.39 is 17.6 Å². The maximum Gasteiger partial charge on any atom is 0.416 e. The van der Waals surface area contributed by atoms with Crippen LogP contribution in [0.2, 0.25) is 5.02 Å². The summed E-state index contributed by atoms with van der Waals surface area (Å²) >= 11 is 12.2. The van der Waals surface area contributed by atoms with Crippen molar-refractivity contribution in [1.29, 1.82) is 0 Å². The predicted octanol–water partition coefficient (Wildman–Crippen LogP) is 7.34. The Kier molecular flexibility index (Phi) is 6.78. The first-order chi connectivity index (χ1) is 15.7. The minimum absolute atomic E-state index is 0.0849. The van der Waals surface area contributed by atoms with Gasteiger partial charge in [-0.05, 0) is 59.7 Å². The molecule has 0 saturated carbocycles. The van der Waals surface area contributed by atoms with Crippen LogP contribution in [0.25, 0.3) is 6.08 Å². The summed E-state index contributed by atoms with van der Waals surface area (Å²) < 4.78 is 45.1. The Labute approximate surface area is 202 Å². The van der Waals surface area contributed by atoms with Gasteiger partial charge < -0.3 is 4.74 Å². The summed E-state index contributed by atoms with van der Waals surface area (Å²) in [6, 6.07) is 19.0. The number of amides is 1. The van der Waals surface area contributed by atoms with Gasteiger partial charge in [-0.15, -0.1) is 0 Å². The molecule has 0 bridgehead atoms. The van der Waals surface area contributed by atoms with Crippen LogP contribution in [0.1, 0.15) is 16.7 Å². The highest BCUT2D eigenvalue weighted by Gasteiger charge is 2.36. The first-order valence-electron chi connectivity index (χ1n) is 9.63. The molecule has 0 atom stereocenters. The van der Waals surface area contributed by atoms with Gasteiger partial charge in [-0.1, -0.05) is 65.9 Å². The Morgan fingerprint density at radius 1 is 1.03 bits per heavy atom. The van der Waals surface area contributed by atoms with Crippen molar-refractivity contribution in [2.45, 2.75) is 12.8 Å². The average molecular weight is 506 g/mol. The Morgan fingerprint density at radius 2 is 1.73 bits per heavy atom. The lowest BCUT2D eigenvalue weighted by atomic mass is 10.1. The summed E-state index contributed by atoms with van der Waals surface area (Å²) in [5, 5.41) is 0.654. The third-order valence-electron chi connectivity index (χ3n) is 4.72. The lowest BCUT2D eigenvalue weighted by molar-refractivity contribution is -0.137. The van der Waals surface area contributed by atoms with Gasteiger partial charge in [0.25, 0.3) is 5.91 Å². The smallest absolute Gasteiger partial charge is 0.416 e. The minimum atomic E-state index is -4.51. The minimum Gasteiger partial charge on any atom is -0.489 e. The van der Waals surface area contributed by atoms with E-state index in [4.69, 9.17) is 28.6 Å². The van der Waals surface area contributed by atoms with E-state index in [2.05, 4.69) is 0 Å². The average Bonchev–Trinajstić information content (AvgIpc) is 3.06. The zero-order valence-electron chi connectivity index (χ0n) is 16.8. The molecule has 168 valence electrons. The van der Waals surface area contributed by atoms with Gasteiger partial charge in [-0.25, -0.2) is 0 Å². The Bertz CT molecular complexity index is 1230. The molecule has 1 fully saturated rings. The second-order valence-corrected chi connectivity index (χ2v) is 9.16.